The van der Waals surface area contributed by atoms with Gasteiger partial charge in [-0.1, -0.05) is 31.2 Å². The molecule has 0 heterocycles. The maximum absolute atomic E-state index is 9.96. The normalized spacial score (nSPS) is 14.9. The molecule has 1 rings (SSSR count). The van der Waals surface area contributed by atoms with Crippen LogP contribution in [0.3, 0.4) is 0 Å². The van der Waals surface area contributed by atoms with E-state index in [1.165, 1.54) is 5.56 Å². The fourth-order valence-corrected chi connectivity index (χ4v) is 1.58. The van der Waals surface area contributed by atoms with Gasteiger partial charge < -0.3 is 9.84 Å². The Hall–Kier alpha value is -0.860. The molecule has 2 unspecified atom stereocenters. The monoisotopic (exact) mass is 208 g/mol. The quantitative estimate of drug-likeness (QED) is 0.806. The molecule has 0 saturated heterocycles. The van der Waals surface area contributed by atoms with E-state index in [1.807, 2.05) is 26.0 Å². The van der Waals surface area contributed by atoms with Crippen molar-refractivity contribution in [2.24, 2.45) is 0 Å². The van der Waals surface area contributed by atoms with Crippen LogP contribution in [-0.4, -0.2) is 17.8 Å². The molecule has 0 aliphatic carbocycles. The second-order valence-electron chi connectivity index (χ2n) is 3.70. The van der Waals surface area contributed by atoms with Crippen LogP contribution in [0.4, 0.5) is 0 Å². The Labute approximate surface area is 91.9 Å². The lowest BCUT2D eigenvalue weighted by Gasteiger charge is -2.19. The summed E-state index contributed by atoms with van der Waals surface area (Å²) < 4.78 is 5.36. The third-order valence-corrected chi connectivity index (χ3v) is 2.60. The maximum atomic E-state index is 9.96. The zero-order valence-corrected chi connectivity index (χ0v) is 9.73. The molecule has 2 heteroatoms. The van der Waals surface area contributed by atoms with Crippen molar-refractivity contribution in [1.29, 1.82) is 0 Å². The molecule has 15 heavy (non-hydrogen) atoms. The molecule has 0 aromatic heterocycles. The second-order valence-corrected chi connectivity index (χ2v) is 3.70. The van der Waals surface area contributed by atoms with Crippen LogP contribution in [-0.2, 0) is 11.2 Å². The van der Waals surface area contributed by atoms with E-state index in [1.54, 1.807) is 0 Å². The van der Waals surface area contributed by atoms with Crippen molar-refractivity contribution in [2.45, 2.75) is 39.4 Å². The summed E-state index contributed by atoms with van der Waals surface area (Å²) in [7, 11) is 0. The summed E-state index contributed by atoms with van der Waals surface area (Å²) in [6.45, 7) is 6.57. The van der Waals surface area contributed by atoms with Gasteiger partial charge in [0.25, 0.3) is 0 Å². The number of ether oxygens (including phenoxy) is 1. The molecule has 0 amide bonds. The molecule has 0 bridgehead atoms. The molecular formula is C13H20O2. The molecule has 0 fully saturated rings. The molecule has 1 aromatic rings. The Morgan fingerprint density at radius 1 is 1.20 bits per heavy atom. The Kier molecular flexibility index (Phi) is 4.79. The van der Waals surface area contributed by atoms with Gasteiger partial charge in [0, 0.05) is 6.61 Å². The molecule has 2 atom stereocenters. The summed E-state index contributed by atoms with van der Waals surface area (Å²) in [5, 5.41) is 9.96. The number of hydrogen-bond donors (Lipinski definition) is 1. The van der Waals surface area contributed by atoms with E-state index in [-0.39, 0.29) is 6.10 Å². The predicted molar refractivity (Wildman–Crippen MR) is 61.9 cm³/mol. The van der Waals surface area contributed by atoms with Crippen molar-refractivity contribution in [3.05, 3.63) is 35.4 Å². The minimum atomic E-state index is -0.532. The van der Waals surface area contributed by atoms with E-state index in [0.29, 0.717) is 6.61 Å². The van der Waals surface area contributed by atoms with Crippen molar-refractivity contribution in [3.8, 4) is 0 Å². The van der Waals surface area contributed by atoms with E-state index in [9.17, 15) is 5.11 Å². The van der Waals surface area contributed by atoms with Gasteiger partial charge in [0.2, 0.25) is 0 Å². The van der Waals surface area contributed by atoms with Crippen molar-refractivity contribution in [2.75, 3.05) is 6.61 Å². The van der Waals surface area contributed by atoms with Gasteiger partial charge in [-0.2, -0.15) is 0 Å². The lowest BCUT2D eigenvalue weighted by molar-refractivity contribution is -0.0227. The number of aliphatic hydroxyl groups excluding tert-OH is 1. The highest BCUT2D eigenvalue weighted by Crippen LogP contribution is 2.19. The van der Waals surface area contributed by atoms with Crippen LogP contribution in [0.25, 0.3) is 0 Å². The minimum Gasteiger partial charge on any atom is -0.386 e. The topological polar surface area (TPSA) is 29.5 Å². The summed E-state index contributed by atoms with van der Waals surface area (Å²) in [4.78, 5) is 0. The lowest BCUT2D eigenvalue weighted by atomic mass is 10.0. The van der Waals surface area contributed by atoms with Gasteiger partial charge in [0.1, 0.15) is 6.10 Å². The molecule has 1 N–H and O–H groups in total. The van der Waals surface area contributed by atoms with Crippen LogP contribution >= 0.6 is 0 Å². The third-order valence-electron chi connectivity index (χ3n) is 2.60. The summed E-state index contributed by atoms with van der Waals surface area (Å²) in [5.74, 6) is 0. The highest BCUT2D eigenvalue weighted by Gasteiger charge is 2.15. The standard InChI is InChI=1S/C13H20O2/c1-4-11-6-8-12(9-7-11)13(14)10(3)15-5-2/h6-10,13-14H,4-5H2,1-3H3. The molecule has 1 aromatic carbocycles. The average molecular weight is 208 g/mol. The van der Waals surface area contributed by atoms with Crippen LogP contribution in [0.1, 0.15) is 38.0 Å². The first kappa shape index (κ1) is 12.2. The largest absolute Gasteiger partial charge is 0.386 e. The van der Waals surface area contributed by atoms with Gasteiger partial charge in [-0.25, -0.2) is 0 Å². The van der Waals surface area contributed by atoms with Crippen molar-refractivity contribution >= 4 is 0 Å². The zero-order valence-electron chi connectivity index (χ0n) is 9.73. The van der Waals surface area contributed by atoms with Crippen LogP contribution in [0.5, 0.6) is 0 Å². The van der Waals surface area contributed by atoms with Crippen LogP contribution in [0.15, 0.2) is 24.3 Å². The Morgan fingerprint density at radius 3 is 2.27 bits per heavy atom. The number of benzene rings is 1. The summed E-state index contributed by atoms with van der Waals surface area (Å²) in [6, 6.07) is 8.05. The lowest BCUT2D eigenvalue weighted by Crippen LogP contribution is -2.18. The molecule has 84 valence electrons. The molecule has 0 aliphatic rings. The van der Waals surface area contributed by atoms with Gasteiger partial charge >= 0.3 is 0 Å². The smallest absolute Gasteiger partial charge is 0.105 e. The highest BCUT2D eigenvalue weighted by atomic mass is 16.5. The first-order valence-corrected chi connectivity index (χ1v) is 5.57. The minimum absolute atomic E-state index is 0.150. The Morgan fingerprint density at radius 2 is 1.80 bits per heavy atom. The van der Waals surface area contributed by atoms with Crippen molar-refractivity contribution in [3.63, 3.8) is 0 Å². The third kappa shape index (κ3) is 3.33. The molecule has 0 saturated carbocycles. The van der Waals surface area contributed by atoms with E-state index < -0.39 is 6.10 Å². The van der Waals surface area contributed by atoms with E-state index >= 15 is 0 Å². The zero-order chi connectivity index (χ0) is 11.3. The molecule has 2 nitrogen and oxygen atoms in total. The first-order chi connectivity index (χ1) is 7.19. The van der Waals surface area contributed by atoms with Crippen molar-refractivity contribution in [1.82, 2.24) is 0 Å². The molecule has 0 radical (unpaired) electrons. The van der Waals surface area contributed by atoms with Gasteiger partial charge in [0.05, 0.1) is 6.10 Å². The summed E-state index contributed by atoms with van der Waals surface area (Å²) in [5.41, 5.74) is 2.21. The first-order valence-electron chi connectivity index (χ1n) is 5.57. The molecule has 0 aliphatic heterocycles. The average Bonchev–Trinajstić information content (AvgIpc) is 2.28. The van der Waals surface area contributed by atoms with Crippen LogP contribution < -0.4 is 0 Å². The van der Waals surface area contributed by atoms with Crippen LogP contribution in [0, 0.1) is 0 Å². The highest BCUT2D eigenvalue weighted by molar-refractivity contribution is 5.24. The fourth-order valence-electron chi connectivity index (χ4n) is 1.58. The summed E-state index contributed by atoms with van der Waals surface area (Å²) >= 11 is 0. The van der Waals surface area contributed by atoms with Gasteiger partial charge in [-0.15, -0.1) is 0 Å². The second kappa shape index (κ2) is 5.89. The Bertz CT molecular complexity index is 279. The SMILES string of the molecule is CCOC(C)C(O)c1ccc(CC)cc1. The number of aryl methyl sites for hydroxylation is 1. The predicted octanol–water partition coefficient (Wildman–Crippen LogP) is 2.71. The fraction of sp³-hybridized carbons (Fsp3) is 0.538. The van der Waals surface area contributed by atoms with Gasteiger partial charge in [0.15, 0.2) is 0 Å². The van der Waals surface area contributed by atoms with E-state index in [2.05, 4.69) is 19.1 Å². The Balaban J connectivity index is 2.69. The van der Waals surface area contributed by atoms with Crippen LogP contribution in [0.2, 0.25) is 0 Å². The maximum Gasteiger partial charge on any atom is 0.105 e. The van der Waals surface area contributed by atoms with Crippen molar-refractivity contribution < 1.29 is 9.84 Å². The van der Waals surface area contributed by atoms with Gasteiger partial charge in [-0.05, 0) is 31.4 Å². The number of aliphatic hydroxyl groups is 1. The number of hydrogen-bond acceptors (Lipinski definition) is 2. The van der Waals surface area contributed by atoms with E-state index in [0.717, 1.165) is 12.0 Å². The van der Waals surface area contributed by atoms with Gasteiger partial charge in [-0.3, -0.25) is 0 Å². The molecule has 0 spiro atoms. The number of rotatable bonds is 5. The summed E-state index contributed by atoms with van der Waals surface area (Å²) in [6.07, 6.45) is 0.343. The molecular weight excluding hydrogens is 188 g/mol. The van der Waals surface area contributed by atoms with E-state index in [4.69, 9.17) is 4.74 Å².